The molecule has 1 N–H and O–H groups in total. The molecule has 0 spiro atoms. The lowest BCUT2D eigenvalue weighted by atomic mass is 9.82. The Balaban J connectivity index is 2.24. The molecule has 1 aromatic carbocycles. The minimum absolute atomic E-state index is 0.649. The maximum absolute atomic E-state index is 10.1. The van der Waals surface area contributed by atoms with Crippen LogP contribution < -0.4 is 5.46 Å². The lowest BCUT2D eigenvalue weighted by molar-refractivity contribution is -0.0893. The van der Waals surface area contributed by atoms with Gasteiger partial charge in [-0.3, -0.25) is 0 Å². The second kappa shape index (κ2) is 4.69. The van der Waals surface area contributed by atoms with Crippen molar-refractivity contribution in [3.05, 3.63) is 30.5 Å². The zero-order chi connectivity index (χ0) is 14.3. The maximum atomic E-state index is 10.1. The van der Waals surface area contributed by atoms with Crippen LogP contribution in [0.2, 0.25) is 0 Å². The molecule has 0 aliphatic rings. The van der Waals surface area contributed by atoms with Crippen LogP contribution in [0.1, 0.15) is 27.7 Å². The van der Waals surface area contributed by atoms with Crippen LogP contribution in [0, 0.1) is 0 Å². The summed E-state index contributed by atoms with van der Waals surface area (Å²) in [4.78, 5) is 0. The monoisotopic (exact) mass is 258 g/mol. The third-order valence-electron chi connectivity index (χ3n) is 3.88. The van der Waals surface area contributed by atoms with Crippen LogP contribution in [0.5, 0.6) is 0 Å². The van der Waals surface area contributed by atoms with Gasteiger partial charge in [-0.2, -0.15) is 0 Å². The Bertz CT molecular complexity index is 581. The summed E-state index contributed by atoms with van der Waals surface area (Å²) < 4.78 is 7.88. The molecule has 4 heteroatoms. The molecule has 1 heterocycles. The van der Waals surface area contributed by atoms with Crippen molar-refractivity contribution in [1.29, 1.82) is 0 Å². The second-order valence-electron chi connectivity index (χ2n) is 6.02. The Morgan fingerprint density at radius 3 is 2.42 bits per heavy atom. The fourth-order valence-electron chi connectivity index (χ4n) is 1.82. The molecule has 2 aromatic rings. The van der Waals surface area contributed by atoms with Gasteiger partial charge < -0.3 is 14.3 Å². The minimum atomic E-state index is -0.909. The molecule has 101 valence electrons. The molecule has 0 aliphatic heterocycles. The van der Waals surface area contributed by atoms with Crippen LogP contribution in [0.25, 0.3) is 10.9 Å². The third kappa shape index (κ3) is 2.70. The lowest BCUT2D eigenvalue weighted by Gasteiger charge is -2.37. The molecule has 0 bridgehead atoms. The Kier molecular flexibility index (Phi) is 3.50. The van der Waals surface area contributed by atoms with Crippen molar-refractivity contribution in [2.24, 2.45) is 7.05 Å². The van der Waals surface area contributed by atoms with Crippen molar-refractivity contribution in [2.45, 2.75) is 38.9 Å². The quantitative estimate of drug-likeness (QED) is 0.851. The van der Waals surface area contributed by atoms with Crippen molar-refractivity contribution < 1.29 is 9.76 Å². The average molecular weight is 258 g/mol. The standard InChI is InChI=1S/C15H21BNO2/c1-14(2,18)15(3,4)19-16-12-10-17(5)13-9-7-6-8-11(12)13/h6-10,18H,1-5H3. The molecule has 0 saturated carbocycles. The van der Waals surface area contributed by atoms with Gasteiger partial charge in [0.2, 0.25) is 0 Å². The predicted molar refractivity (Wildman–Crippen MR) is 79.8 cm³/mol. The first-order valence-electron chi connectivity index (χ1n) is 6.50. The zero-order valence-corrected chi connectivity index (χ0v) is 12.3. The first-order valence-corrected chi connectivity index (χ1v) is 6.50. The number of para-hydroxylation sites is 1. The van der Waals surface area contributed by atoms with Gasteiger partial charge in [0.1, 0.15) is 0 Å². The summed E-state index contributed by atoms with van der Waals surface area (Å²) in [6.07, 6.45) is 2.03. The van der Waals surface area contributed by atoms with Crippen molar-refractivity contribution >= 4 is 23.8 Å². The van der Waals surface area contributed by atoms with Gasteiger partial charge in [0, 0.05) is 18.8 Å². The van der Waals surface area contributed by atoms with E-state index in [0.717, 1.165) is 10.8 Å². The minimum Gasteiger partial charge on any atom is -0.427 e. The topological polar surface area (TPSA) is 34.4 Å². The highest BCUT2D eigenvalue weighted by molar-refractivity contribution is 6.51. The van der Waals surface area contributed by atoms with Gasteiger partial charge in [-0.15, -0.1) is 0 Å². The molecule has 2 rings (SSSR count). The highest BCUT2D eigenvalue weighted by Crippen LogP contribution is 2.24. The van der Waals surface area contributed by atoms with Crippen LogP contribution in [-0.2, 0) is 11.7 Å². The molecule has 1 aromatic heterocycles. The molecule has 0 fully saturated rings. The third-order valence-corrected chi connectivity index (χ3v) is 3.88. The Morgan fingerprint density at radius 1 is 1.16 bits per heavy atom. The first-order chi connectivity index (χ1) is 8.72. The van der Waals surface area contributed by atoms with E-state index in [4.69, 9.17) is 4.65 Å². The van der Waals surface area contributed by atoms with Gasteiger partial charge in [-0.1, -0.05) is 18.2 Å². The first kappa shape index (κ1) is 14.2. The van der Waals surface area contributed by atoms with E-state index in [0.29, 0.717) is 0 Å². The molecule has 19 heavy (non-hydrogen) atoms. The number of hydrogen-bond donors (Lipinski definition) is 1. The predicted octanol–water partition coefficient (Wildman–Crippen LogP) is 1.99. The van der Waals surface area contributed by atoms with Crippen molar-refractivity contribution in [3.63, 3.8) is 0 Å². The molecule has 0 saturated heterocycles. The van der Waals surface area contributed by atoms with Gasteiger partial charge in [-0.05, 0) is 44.6 Å². The van der Waals surface area contributed by atoms with Crippen molar-refractivity contribution in [1.82, 2.24) is 4.57 Å². The Morgan fingerprint density at radius 2 is 1.79 bits per heavy atom. The maximum Gasteiger partial charge on any atom is 0.333 e. The van der Waals surface area contributed by atoms with Crippen LogP contribution in [-0.4, -0.2) is 28.4 Å². The van der Waals surface area contributed by atoms with Crippen LogP contribution in [0.3, 0.4) is 0 Å². The fourth-order valence-corrected chi connectivity index (χ4v) is 1.82. The number of rotatable bonds is 4. The van der Waals surface area contributed by atoms with E-state index >= 15 is 0 Å². The van der Waals surface area contributed by atoms with Gasteiger partial charge in [0.25, 0.3) is 0 Å². The number of benzene rings is 1. The van der Waals surface area contributed by atoms with E-state index in [-0.39, 0.29) is 0 Å². The van der Waals surface area contributed by atoms with Crippen molar-refractivity contribution in [3.8, 4) is 0 Å². The molecule has 0 amide bonds. The number of fused-ring (bicyclic) bond motifs is 1. The van der Waals surface area contributed by atoms with E-state index in [9.17, 15) is 5.11 Å². The van der Waals surface area contributed by atoms with E-state index in [1.807, 2.05) is 39.2 Å². The molecule has 3 nitrogen and oxygen atoms in total. The average Bonchev–Trinajstić information content (AvgIpc) is 2.63. The van der Waals surface area contributed by atoms with Gasteiger partial charge in [-0.25, -0.2) is 0 Å². The summed E-state index contributed by atoms with van der Waals surface area (Å²) in [5.41, 5.74) is 0.631. The largest absolute Gasteiger partial charge is 0.427 e. The molecular weight excluding hydrogens is 237 g/mol. The highest BCUT2D eigenvalue weighted by atomic mass is 16.5. The smallest absolute Gasteiger partial charge is 0.333 e. The number of nitrogens with zero attached hydrogens (tertiary/aromatic N) is 1. The van der Waals surface area contributed by atoms with Gasteiger partial charge in [0.15, 0.2) is 0 Å². The Labute approximate surface area is 115 Å². The van der Waals surface area contributed by atoms with Crippen LogP contribution in [0.4, 0.5) is 0 Å². The molecule has 0 aliphatic carbocycles. The van der Waals surface area contributed by atoms with E-state index in [2.05, 4.69) is 16.7 Å². The lowest BCUT2D eigenvalue weighted by Crippen LogP contribution is -2.49. The van der Waals surface area contributed by atoms with Crippen LogP contribution >= 0.6 is 0 Å². The fraction of sp³-hybridized carbons (Fsp3) is 0.467. The van der Waals surface area contributed by atoms with Crippen LogP contribution in [0.15, 0.2) is 30.5 Å². The number of aryl methyl sites for hydroxylation is 1. The Hall–Kier alpha value is -1.26. The normalized spacial score (nSPS) is 12.9. The van der Waals surface area contributed by atoms with Gasteiger partial charge in [0.05, 0.1) is 11.2 Å². The summed E-state index contributed by atoms with van der Waals surface area (Å²) in [6.45, 7) is 7.27. The SMILES string of the molecule is Cn1cc([B]OC(C)(C)C(C)(C)O)c2ccccc21. The van der Waals surface area contributed by atoms with Gasteiger partial charge >= 0.3 is 7.48 Å². The summed E-state index contributed by atoms with van der Waals surface area (Å²) in [6, 6.07) is 8.18. The zero-order valence-electron chi connectivity index (χ0n) is 12.3. The molecular formula is C15H21BNO2. The number of aromatic nitrogens is 1. The summed E-state index contributed by atoms with van der Waals surface area (Å²) >= 11 is 0. The van der Waals surface area contributed by atoms with Crippen molar-refractivity contribution in [2.75, 3.05) is 0 Å². The highest BCUT2D eigenvalue weighted by Gasteiger charge is 2.35. The summed E-state index contributed by atoms with van der Waals surface area (Å²) in [5, 5.41) is 11.2. The molecule has 0 atom stereocenters. The summed E-state index contributed by atoms with van der Waals surface area (Å²) in [7, 11) is 3.75. The number of hydrogen-bond acceptors (Lipinski definition) is 2. The second-order valence-corrected chi connectivity index (χ2v) is 6.02. The summed E-state index contributed by atoms with van der Waals surface area (Å²) in [5.74, 6) is 0. The molecule has 0 unspecified atom stereocenters. The van der Waals surface area contributed by atoms with E-state index < -0.39 is 11.2 Å². The van der Waals surface area contributed by atoms with E-state index in [1.54, 1.807) is 21.3 Å². The number of aliphatic hydroxyl groups is 1. The van der Waals surface area contributed by atoms with E-state index in [1.165, 1.54) is 5.52 Å². The molecule has 1 radical (unpaired) electrons.